The molecule has 2 N–H and O–H groups in total. The van der Waals surface area contributed by atoms with E-state index in [4.69, 9.17) is 11.6 Å². The molecule has 0 bridgehead atoms. The lowest BCUT2D eigenvalue weighted by atomic mass is 10.1. The van der Waals surface area contributed by atoms with Crippen molar-refractivity contribution in [3.05, 3.63) is 59.1 Å². The fourth-order valence-corrected chi connectivity index (χ4v) is 3.49. The normalized spacial score (nSPS) is 12.3. The summed E-state index contributed by atoms with van der Waals surface area (Å²) < 4.78 is 0. The van der Waals surface area contributed by atoms with E-state index in [9.17, 15) is 9.59 Å². The predicted octanol–water partition coefficient (Wildman–Crippen LogP) is 5.38. The maximum Gasteiger partial charge on any atom is 0.253 e. The number of amides is 2. The van der Waals surface area contributed by atoms with Crippen LogP contribution < -0.4 is 10.6 Å². The molecule has 0 aliphatic rings. The molecule has 0 aliphatic heterocycles. The number of halogens is 1. The van der Waals surface area contributed by atoms with Crippen molar-refractivity contribution in [1.29, 1.82) is 0 Å². The van der Waals surface area contributed by atoms with E-state index in [0.717, 1.165) is 4.90 Å². The SMILES string of the molecule is CC[C@H](Sc1ccc(Cl)cc1)C(=O)Nc1ccccc1C(=O)NC(C)(C)C. The molecule has 2 aromatic rings. The molecule has 0 unspecified atom stereocenters. The van der Waals surface area contributed by atoms with Crippen LogP contribution in [0.1, 0.15) is 44.5 Å². The van der Waals surface area contributed by atoms with Crippen molar-refractivity contribution in [2.45, 2.75) is 49.8 Å². The fraction of sp³-hybridized carbons (Fsp3) is 0.333. The summed E-state index contributed by atoms with van der Waals surface area (Å²) in [6.07, 6.45) is 0.662. The smallest absolute Gasteiger partial charge is 0.253 e. The first kappa shape index (κ1) is 21.3. The van der Waals surface area contributed by atoms with Crippen LogP contribution in [0.4, 0.5) is 5.69 Å². The van der Waals surface area contributed by atoms with Gasteiger partial charge in [0.2, 0.25) is 5.91 Å². The Labute approximate surface area is 170 Å². The van der Waals surface area contributed by atoms with Crippen LogP contribution in [-0.2, 0) is 4.79 Å². The van der Waals surface area contributed by atoms with E-state index in [1.54, 1.807) is 36.4 Å². The Bertz CT molecular complexity index is 801. The number of nitrogens with one attached hydrogen (secondary N) is 2. The van der Waals surface area contributed by atoms with E-state index >= 15 is 0 Å². The average molecular weight is 405 g/mol. The lowest BCUT2D eigenvalue weighted by Gasteiger charge is -2.22. The highest BCUT2D eigenvalue weighted by Gasteiger charge is 2.22. The van der Waals surface area contributed by atoms with Crippen LogP contribution in [0.2, 0.25) is 5.02 Å². The molecule has 0 aromatic heterocycles. The third kappa shape index (κ3) is 6.60. The first-order chi connectivity index (χ1) is 12.7. The molecule has 1 atom stereocenters. The van der Waals surface area contributed by atoms with Crippen molar-refractivity contribution in [1.82, 2.24) is 5.32 Å². The van der Waals surface area contributed by atoms with Crippen molar-refractivity contribution >= 4 is 40.9 Å². The number of hydrogen-bond donors (Lipinski definition) is 2. The first-order valence-electron chi connectivity index (χ1n) is 8.84. The second-order valence-electron chi connectivity index (χ2n) is 7.21. The monoisotopic (exact) mass is 404 g/mol. The predicted molar refractivity (Wildman–Crippen MR) is 114 cm³/mol. The minimum atomic E-state index is -0.357. The number of hydrogen-bond acceptors (Lipinski definition) is 3. The van der Waals surface area contributed by atoms with E-state index in [0.29, 0.717) is 22.7 Å². The Morgan fingerprint density at radius 3 is 2.30 bits per heavy atom. The summed E-state index contributed by atoms with van der Waals surface area (Å²) in [5.74, 6) is -0.342. The molecule has 0 aliphatic carbocycles. The summed E-state index contributed by atoms with van der Waals surface area (Å²) in [6.45, 7) is 7.72. The van der Waals surface area contributed by atoms with E-state index in [1.807, 2.05) is 39.8 Å². The Kier molecular flexibility index (Phi) is 7.33. The van der Waals surface area contributed by atoms with Gasteiger partial charge in [-0.25, -0.2) is 0 Å². The van der Waals surface area contributed by atoms with E-state index in [1.165, 1.54) is 11.8 Å². The van der Waals surface area contributed by atoms with Gasteiger partial charge in [0, 0.05) is 15.5 Å². The molecule has 0 radical (unpaired) electrons. The third-order valence-electron chi connectivity index (χ3n) is 3.67. The van der Waals surface area contributed by atoms with Crippen LogP contribution in [0, 0.1) is 0 Å². The maximum atomic E-state index is 12.8. The molecular weight excluding hydrogens is 380 g/mol. The highest BCUT2D eigenvalue weighted by molar-refractivity contribution is 8.00. The largest absolute Gasteiger partial charge is 0.347 e. The molecular formula is C21H25ClN2O2S. The summed E-state index contributed by atoms with van der Waals surface area (Å²) in [6, 6.07) is 14.4. The van der Waals surface area contributed by atoms with Gasteiger partial charge < -0.3 is 10.6 Å². The minimum Gasteiger partial charge on any atom is -0.347 e. The second-order valence-corrected chi connectivity index (χ2v) is 8.92. The summed E-state index contributed by atoms with van der Waals surface area (Å²) in [7, 11) is 0. The van der Waals surface area contributed by atoms with Crippen molar-refractivity contribution in [2.75, 3.05) is 5.32 Å². The number of thioether (sulfide) groups is 1. The molecule has 0 heterocycles. The van der Waals surface area contributed by atoms with Gasteiger partial charge in [-0.05, 0) is 63.6 Å². The van der Waals surface area contributed by atoms with Crippen LogP contribution in [0.25, 0.3) is 0 Å². The number of benzene rings is 2. The molecule has 2 rings (SSSR count). The van der Waals surface area contributed by atoms with Crippen LogP contribution in [0.15, 0.2) is 53.4 Å². The Balaban J connectivity index is 2.14. The van der Waals surface area contributed by atoms with Gasteiger partial charge in [-0.3, -0.25) is 9.59 Å². The van der Waals surface area contributed by atoms with Crippen LogP contribution in [-0.4, -0.2) is 22.6 Å². The topological polar surface area (TPSA) is 58.2 Å². The number of carbonyl (C=O) groups is 2. The van der Waals surface area contributed by atoms with Crippen molar-refractivity contribution in [3.63, 3.8) is 0 Å². The number of anilines is 1. The number of para-hydroxylation sites is 1. The molecule has 6 heteroatoms. The molecule has 0 saturated carbocycles. The zero-order valence-electron chi connectivity index (χ0n) is 16.0. The molecule has 0 fully saturated rings. The van der Waals surface area contributed by atoms with Gasteiger partial charge in [0.1, 0.15) is 0 Å². The van der Waals surface area contributed by atoms with Gasteiger partial charge >= 0.3 is 0 Å². The van der Waals surface area contributed by atoms with Gasteiger partial charge in [0.05, 0.1) is 16.5 Å². The highest BCUT2D eigenvalue weighted by Crippen LogP contribution is 2.28. The number of carbonyl (C=O) groups excluding carboxylic acids is 2. The zero-order valence-corrected chi connectivity index (χ0v) is 17.6. The van der Waals surface area contributed by atoms with Crippen molar-refractivity contribution in [2.24, 2.45) is 0 Å². The van der Waals surface area contributed by atoms with Gasteiger partial charge in [-0.1, -0.05) is 30.7 Å². The van der Waals surface area contributed by atoms with E-state index in [-0.39, 0.29) is 22.6 Å². The van der Waals surface area contributed by atoms with Gasteiger partial charge in [-0.15, -0.1) is 11.8 Å². The van der Waals surface area contributed by atoms with Crippen LogP contribution in [0.5, 0.6) is 0 Å². The summed E-state index contributed by atoms with van der Waals surface area (Å²) in [4.78, 5) is 26.3. The highest BCUT2D eigenvalue weighted by atomic mass is 35.5. The summed E-state index contributed by atoms with van der Waals surface area (Å²) in [5.41, 5.74) is 0.608. The quantitative estimate of drug-likeness (QED) is 0.635. The van der Waals surface area contributed by atoms with Gasteiger partial charge in [0.15, 0.2) is 0 Å². The van der Waals surface area contributed by atoms with E-state index in [2.05, 4.69) is 10.6 Å². The van der Waals surface area contributed by atoms with Crippen molar-refractivity contribution in [3.8, 4) is 0 Å². The third-order valence-corrected chi connectivity index (χ3v) is 5.30. The maximum absolute atomic E-state index is 12.8. The Hall–Kier alpha value is -1.98. The van der Waals surface area contributed by atoms with Gasteiger partial charge in [-0.2, -0.15) is 0 Å². The Morgan fingerprint density at radius 1 is 1.07 bits per heavy atom. The fourth-order valence-electron chi connectivity index (χ4n) is 2.41. The Morgan fingerprint density at radius 2 is 1.70 bits per heavy atom. The van der Waals surface area contributed by atoms with E-state index < -0.39 is 0 Å². The number of rotatable bonds is 6. The molecule has 2 amide bonds. The second kappa shape index (κ2) is 9.29. The van der Waals surface area contributed by atoms with Crippen LogP contribution >= 0.6 is 23.4 Å². The molecule has 2 aromatic carbocycles. The molecule has 144 valence electrons. The first-order valence-corrected chi connectivity index (χ1v) is 10.1. The molecule has 0 saturated heterocycles. The lowest BCUT2D eigenvalue weighted by molar-refractivity contribution is -0.115. The molecule has 0 spiro atoms. The average Bonchev–Trinajstić information content (AvgIpc) is 2.60. The standard InChI is InChI=1S/C21H25ClN2O2S/c1-5-18(27-15-12-10-14(22)11-13-15)20(26)23-17-9-7-6-8-16(17)19(25)24-21(2,3)4/h6-13,18H,5H2,1-4H3,(H,23,26)(H,24,25)/t18-/m0/s1. The summed E-state index contributed by atoms with van der Waals surface area (Å²) >= 11 is 7.40. The van der Waals surface area contributed by atoms with Gasteiger partial charge in [0.25, 0.3) is 5.91 Å². The van der Waals surface area contributed by atoms with Crippen LogP contribution in [0.3, 0.4) is 0 Å². The summed E-state index contributed by atoms with van der Waals surface area (Å²) in [5, 5.41) is 6.23. The molecule has 4 nitrogen and oxygen atoms in total. The lowest BCUT2D eigenvalue weighted by Crippen LogP contribution is -2.41. The van der Waals surface area contributed by atoms with Crippen molar-refractivity contribution < 1.29 is 9.59 Å². The zero-order chi connectivity index (χ0) is 20.0. The minimum absolute atomic E-state index is 0.131. The molecule has 27 heavy (non-hydrogen) atoms.